The van der Waals surface area contributed by atoms with Crippen molar-refractivity contribution in [2.45, 2.75) is 26.7 Å². The van der Waals surface area contributed by atoms with Crippen molar-refractivity contribution in [3.63, 3.8) is 0 Å². The second kappa shape index (κ2) is 7.03. The molecule has 0 spiro atoms. The molecule has 2 nitrogen and oxygen atoms in total. The van der Waals surface area contributed by atoms with Gasteiger partial charge in [0, 0.05) is 13.2 Å². The van der Waals surface area contributed by atoms with Crippen LogP contribution in [0.1, 0.15) is 26.7 Å². The first-order valence-corrected chi connectivity index (χ1v) is 4.20. The molecule has 0 aromatic rings. The van der Waals surface area contributed by atoms with Gasteiger partial charge in [0.25, 0.3) is 0 Å². The summed E-state index contributed by atoms with van der Waals surface area (Å²) < 4.78 is 0. The van der Waals surface area contributed by atoms with E-state index in [0.717, 1.165) is 6.67 Å². The fraction of sp³-hybridized carbons (Fsp3) is 1.00. The van der Waals surface area contributed by atoms with Crippen LogP contribution < -0.4 is 5.32 Å². The third kappa shape index (κ3) is 6.05. The van der Waals surface area contributed by atoms with Gasteiger partial charge in [-0.3, -0.25) is 4.90 Å². The lowest BCUT2D eigenvalue weighted by molar-refractivity contribution is 0.261. The lowest BCUT2D eigenvalue weighted by atomic mass is 10.3. The summed E-state index contributed by atoms with van der Waals surface area (Å²) in [6.45, 7) is 7.78. The Kier molecular flexibility index (Phi) is 6.98. The van der Waals surface area contributed by atoms with Crippen molar-refractivity contribution in [1.82, 2.24) is 10.2 Å². The Bertz CT molecular complexity index is 58.3. The van der Waals surface area contributed by atoms with Crippen LogP contribution in [0.15, 0.2) is 0 Å². The Balaban J connectivity index is 0.000000236. The normalized spacial score (nSPS) is 19.5. The van der Waals surface area contributed by atoms with E-state index in [-0.39, 0.29) is 0 Å². The summed E-state index contributed by atoms with van der Waals surface area (Å²) in [5.41, 5.74) is 0. The van der Waals surface area contributed by atoms with E-state index in [2.05, 4.69) is 31.1 Å². The van der Waals surface area contributed by atoms with Gasteiger partial charge in [0.05, 0.1) is 0 Å². The molecule has 0 radical (unpaired) electrons. The van der Waals surface area contributed by atoms with Crippen LogP contribution in [0.2, 0.25) is 0 Å². The Morgan fingerprint density at radius 3 is 2.20 bits per heavy atom. The van der Waals surface area contributed by atoms with Gasteiger partial charge in [0.1, 0.15) is 0 Å². The molecule has 0 amide bonds. The van der Waals surface area contributed by atoms with Crippen molar-refractivity contribution in [2.24, 2.45) is 0 Å². The zero-order valence-corrected chi connectivity index (χ0v) is 7.48. The third-order valence-corrected chi connectivity index (χ3v) is 1.28. The molecule has 0 bridgehead atoms. The Morgan fingerprint density at radius 1 is 1.40 bits per heavy atom. The van der Waals surface area contributed by atoms with E-state index in [1.54, 1.807) is 0 Å². The van der Waals surface area contributed by atoms with Crippen LogP contribution in [0.4, 0.5) is 0 Å². The molecular formula is C8H20N2. The average molecular weight is 144 g/mol. The minimum Gasteiger partial charge on any atom is -0.304 e. The van der Waals surface area contributed by atoms with Crippen LogP contribution in [0.3, 0.4) is 0 Å². The maximum Gasteiger partial charge on any atom is 0.0477 e. The van der Waals surface area contributed by atoms with Crippen LogP contribution in [-0.4, -0.2) is 31.7 Å². The smallest absolute Gasteiger partial charge is 0.0477 e. The molecular weight excluding hydrogens is 124 g/mol. The standard InChI is InChI=1S/C5H12N2.C3H8/c1-7-4-2-3-6-5-7;1-3-2/h6H,2-5H2,1H3;3H2,1-2H3. The number of hydrogen-bond acceptors (Lipinski definition) is 2. The number of nitrogens with zero attached hydrogens (tertiary/aromatic N) is 1. The largest absolute Gasteiger partial charge is 0.304 e. The summed E-state index contributed by atoms with van der Waals surface area (Å²) in [5, 5.41) is 3.26. The molecule has 1 fully saturated rings. The van der Waals surface area contributed by atoms with E-state index in [1.165, 1.54) is 25.9 Å². The number of hydrogen-bond donors (Lipinski definition) is 1. The third-order valence-electron chi connectivity index (χ3n) is 1.28. The van der Waals surface area contributed by atoms with Crippen molar-refractivity contribution >= 4 is 0 Å². The van der Waals surface area contributed by atoms with Gasteiger partial charge in [0.15, 0.2) is 0 Å². The first-order chi connectivity index (χ1) is 4.81. The highest BCUT2D eigenvalue weighted by molar-refractivity contribution is 4.57. The fourth-order valence-electron chi connectivity index (χ4n) is 0.823. The molecule has 1 N–H and O–H groups in total. The van der Waals surface area contributed by atoms with Crippen molar-refractivity contribution < 1.29 is 0 Å². The Morgan fingerprint density at radius 2 is 2.00 bits per heavy atom. The Hall–Kier alpha value is -0.0800. The zero-order valence-electron chi connectivity index (χ0n) is 7.48. The minimum absolute atomic E-state index is 1.07. The predicted molar refractivity (Wildman–Crippen MR) is 46.1 cm³/mol. The van der Waals surface area contributed by atoms with E-state index in [4.69, 9.17) is 0 Å². The van der Waals surface area contributed by atoms with E-state index < -0.39 is 0 Å². The number of nitrogens with one attached hydrogen (secondary N) is 1. The fourth-order valence-corrected chi connectivity index (χ4v) is 0.823. The van der Waals surface area contributed by atoms with Gasteiger partial charge in [0.2, 0.25) is 0 Å². The van der Waals surface area contributed by atoms with Gasteiger partial charge < -0.3 is 5.32 Å². The minimum atomic E-state index is 1.07. The average Bonchev–Trinajstić information content (AvgIpc) is 1.91. The molecule has 0 unspecified atom stereocenters. The van der Waals surface area contributed by atoms with Crippen LogP contribution in [0.25, 0.3) is 0 Å². The molecule has 0 aromatic heterocycles. The second-order valence-corrected chi connectivity index (χ2v) is 2.80. The predicted octanol–water partition coefficient (Wildman–Crippen LogP) is 1.29. The van der Waals surface area contributed by atoms with Gasteiger partial charge in [-0.15, -0.1) is 0 Å². The quantitative estimate of drug-likeness (QED) is 0.551. The lowest BCUT2D eigenvalue weighted by Crippen LogP contribution is -2.38. The van der Waals surface area contributed by atoms with Crippen molar-refractivity contribution in [3.8, 4) is 0 Å². The summed E-state index contributed by atoms with van der Waals surface area (Å²) in [7, 11) is 2.13. The molecule has 1 saturated heterocycles. The maximum atomic E-state index is 3.26. The highest BCUT2D eigenvalue weighted by Gasteiger charge is 2.00. The SMILES string of the molecule is CCC.CN1CCCNC1. The molecule has 0 saturated carbocycles. The molecule has 62 valence electrons. The monoisotopic (exact) mass is 144 g/mol. The zero-order chi connectivity index (χ0) is 7.82. The van der Waals surface area contributed by atoms with Crippen LogP contribution in [0.5, 0.6) is 0 Å². The molecule has 0 atom stereocenters. The van der Waals surface area contributed by atoms with Gasteiger partial charge in [-0.2, -0.15) is 0 Å². The van der Waals surface area contributed by atoms with Gasteiger partial charge in [-0.25, -0.2) is 0 Å². The summed E-state index contributed by atoms with van der Waals surface area (Å²) in [6, 6.07) is 0. The first-order valence-electron chi connectivity index (χ1n) is 4.20. The van der Waals surface area contributed by atoms with E-state index >= 15 is 0 Å². The second-order valence-electron chi connectivity index (χ2n) is 2.80. The summed E-state index contributed by atoms with van der Waals surface area (Å²) in [4.78, 5) is 2.28. The van der Waals surface area contributed by atoms with E-state index in [0.29, 0.717) is 0 Å². The van der Waals surface area contributed by atoms with Gasteiger partial charge in [-0.05, 0) is 20.0 Å². The Labute approximate surface area is 64.6 Å². The van der Waals surface area contributed by atoms with Crippen LogP contribution in [-0.2, 0) is 0 Å². The number of rotatable bonds is 0. The van der Waals surface area contributed by atoms with Gasteiger partial charge in [-0.1, -0.05) is 20.3 Å². The maximum absolute atomic E-state index is 3.26. The first kappa shape index (κ1) is 9.92. The molecule has 2 heteroatoms. The van der Waals surface area contributed by atoms with Gasteiger partial charge >= 0.3 is 0 Å². The van der Waals surface area contributed by atoms with Crippen molar-refractivity contribution in [3.05, 3.63) is 0 Å². The molecule has 1 heterocycles. The highest BCUT2D eigenvalue weighted by Crippen LogP contribution is 1.88. The summed E-state index contributed by atoms with van der Waals surface area (Å²) in [6.07, 6.45) is 2.55. The van der Waals surface area contributed by atoms with Crippen LogP contribution >= 0.6 is 0 Å². The molecule has 1 aliphatic heterocycles. The van der Waals surface area contributed by atoms with Crippen LogP contribution in [0, 0.1) is 0 Å². The van der Waals surface area contributed by atoms with E-state index in [9.17, 15) is 0 Å². The summed E-state index contributed by atoms with van der Waals surface area (Å²) >= 11 is 0. The molecule has 1 aliphatic rings. The van der Waals surface area contributed by atoms with Crippen molar-refractivity contribution in [2.75, 3.05) is 26.8 Å². The molecule has 1 rings (SSSR count). The molecule has 0 aliphatic carbocycles. The highest BCUT2D eigenvalue weighted by atomic mass is 15.2. The topological polar surface area (TPSA) is 15.3 Å². The van der Waals surface area contributed by atoms with E-state index in [1.807, 2.05) is 0 Å². The molecule has 10 heavy (non-hydrogen) atoms. The van der Waals surface area contributed by atoms with Crippen molar-refractivity contribution in [1.29, 1.82) is 0 Å². The summed E-state index contributed by atoms with van der Waals surface area (Å²) in [5.74, 6) is 0. The molecule has 0 aromatic carbocycles. The lowest BCUT2D eigenvalue weighted by Gasteiger charge is -2.22.